The van der Waals surface area contributed by atoms with E-state index in [2.05, 4.69) is 31.7 Å². The van der Waals surface area contributed by atoms with Gasteiger partial charge in [0.1, 0.15) is 57.8 Å². The summed E-state index contributed by atoms with van der Waals surface area (Å²) in [5, 5.41) is 8.84. The lowest BCUT2D eigenvalue weighted by Gasteiger charge is -2.24. The van der Waals surface area contributed by atoms with E-state index < -0.39 is 74.3 Å². The molecule has 3 aromatic heterocycles. The quantitative estimate of drug-likeness (QED) is 0.165. The Morgan fingerprint density at radius 3 is 2.43 bits per heavy atom. The maximum atomic E-state index is 16.7. The maximum absolute atomic E-state index is 16.7. The van der Waals surface area contributed by atoms with Crippen molar-refractivity contribution in [3.05, 3.63) is 58.5 Å². The fourth-order valence-electron chi connectivity index (χ4n) is 9.03. The average molecular weight is 906 g/mol. The highest BCUT2D eigenvalue weighted by Gasteiger charge is 2.74. The summed E-state index contributed by atoms with van der Waals surface area (Å²) in [7, 11) is 1.18. The molecule has 0 radical (unpaired) electrons. The van der Waals surface area contributed by atoms with E-state index in [9.17, 15) is 36.0 Å². The molecule has 3 saturated heterocycles. The number of benzene rings is 2. The predicted molar refractivity (Wildman–Crippen MR) is 220 cm³/mol. The highest BCUT2D eigenvalue weighted by Crippen LogP contribution is 2.67. The van der Waals surface area contributed by atoms with E-state index in [-0.39, 0.29) is 64.0 Å². The van der Waals surface area contributed by atoms with Gasteiger partial charge in [-0.2, -0.15) is 28.4 Å². The number of nitrogens with two attached hydrogens (primary N) is 2. The smallest absolute Gasteiger partial charge is 0.420 e. The van der Waals surface area contributed by atoms with Gasteiger partial charge >= 0.3 is 12.2 Å². The summed E-state index contributed by atoms with van der Waals surface area (Å²) >= 11 is 0.649. The fraction of sp³-hybridized carbons (Fsp3) is 0.476. The molecular weight excluding hydrogens is 863 g/mol. The van der Waals surface area contributed by atoms with Gasteiger partial charge in [0.05, 0.1) is 54.1 Å². The van der Waals surface area contributed by atoms with Gasteiger partial charge in [-0.15, -0.1) is 11.3 Å². The number of alkyl halides is 5. The molecule has 2 atom stereocenters. The van der Waals surface area contributed by atoms with Crippen LogP contribution >= 0.6 is 11.3 Å². The SMILES string of the molecule is CCN1CCOCC1.COc1nc2c3c(c(C(F)(F)F)c(-c4ccc(F)c5sc(N)c(C#N)c45)c(F)c3n1)OCCN2Cc1cc(F)cnc1N.FC1(F)CC12CC1CCCN1C2. The molecule has 4 N–H and O–H groups in total. The van der Waals surface area contributed by atoms with Crippen LogP contribution in [-0.2, 0) is 17.5 Å². The first-order chi connectivity index (χ1) is 30.0. The van der Waals surface area contributed by atoms with Crippen LogP contribution in [-0.4, -0.2) is 103 Å². The summed E-state index contributed by atoms with van der Waals surface area (Å²) in [5.41, 5.74) is 7.52. The molecule has 4 fully saturated rings. The Hall–Kier alpha value is -5.30. The maximum Gasteiger partial charge on any atom is 0.420 e. The second-order valence-corrected chi connectivity index (χ2v) is 17.1. The molecule has 5 aromatic rings. The number of anilines is 3. The van der Waals surface area contributed by atoms with Crippen molar-refractivity contribution in [2.75, 3.05) is 82.6 Å². The molecule has 1 spiro atoms. The number of rotatable bonds is 5. The summed E-state index contributed by atoms with van der Waals surface area (Å²) in [5.74, 6) is -6.35. The Morgan fingerprint density at radius 2 is 1.79 bits per heavy atom. The summed E-state index contributed by atoms with van der Waals surface area (Å²) in [6, 6.07) is 4.79. The Labute approximate surface area is 360 Å². The zero-order valence-electron chi connectivity index (χ0n) is 34.2. The van der Waals surface area contributed by atoms with Crippen LogP contribution in [0.2, 0.25) is 0 Å². The molecular formula is C42H43F8N9O3S. The van der Waals surface area contributed by atoms with Crippen molar-refractivity contribution in [2.45, 2.75) is 57.3 Å². The van der Waals surface area contributed by atoms with Crippen molar-refractivity contribution in [3.8, 4) is 29.0 Å². The van der Waals surface area contributed by atoms with Crippen LogP contribution in [0, 0.1) is 34.2 Å². The van der Waals surface area contributed by atoms with E-state index in [1.54, 1.807) is 6.07 Å². The number of hydrogen-bond acceptors (Lipinski definition) is 13. The highest BCUT2D eigenvalue weighted by molar-refractivity contribution is 7.23. The van der Waals surface area contributed by atoms with Gasteiger partial charge in [0.2, 0.25) is 0 Å². The lowest BCUT2D eigenvalue weighted by atomic mass is 9.91. The number of aromatic nitrogens is 3. The number of fused-ring (bicyclic) bond motifs is 2. The zero-order valence-corrected chi connectivity index (χ0v) is 35.0. The number of halogens is 8. The van der Waals surface area contributed by atoms with Gasteiger partial charge in [0.15, 0.2) is 5.82 Å². The monoisotopic (exact) mass is 905 g/mol. The average Bonchev–Trinajstić information content (AvgIpc) is 3.58. The first kappa shape index (κ1) is 44.3. The van der Waals surface area contributed by atoms with Gasteiger partial charge in [-0.1, -0.05) is 13.0 Å². The molecule has 10 rings (SSSR count). The van der Waals surface area contributed by atoms with Crippen molar-refractivity contribution in [2.24, 2.45) is 5.41 Å². The molecule has 4 aliphatic heterocycles. The van der Waals surface area contributed by atoms with E-state index >= 15 is 4.39 Å². The number of thiophene rings is 1. The minimum atomic E-state index is -5.22. The van der Waals surface area contributed by atoms with Crippen molar-refractivity contribution >= 4 is 49.0 Å². The molecule has 0 amide bonds. The summed E-state index contributed by atoms with van der Waals surface area (Å²) in [4.78, 5) is 18.1. The van der Waals surface area contributed by atoms with E-state index in [4.69, 9.17) is 25.7 Å². The van der Waals surface area contributed by atoms with E-state index in [0.717, 1.165) is 70.1 Å². The number of likely N-dealkylation sites (N-methyl/N-ethyl adjacent to an activating group) is 1. The first-order valence-electron chi connectivity index (χ1n) is 20.3. The number of ether oxygens (including phenoxy) is 3. The van der Waals surface area contributed by atoms with Gasteiger partial charge in [0, 0.05) is 55.2 Å². The molecule has 63 heavy (non-hydrogen) atoms. The molecule has 5 aliphatic rings. The van der Waals surface area contributed by atoms with E-state index in [0.29, 0.717) is 23.9 Å². The Morgan fingerprint density at radius 1 is 1.05 bits per heavy atom. The number of nitriles is 1. The molecule has 1 saturated carbocycles. The van der Waals surface area contributed by atoms with Gasteiger partial charge < -0.3 is 30.6 Å². The minimum absolute atomic E-state index is 0.0368. The van der Waals surface area contributed by atoms with Crippen molar-refractivity contribution in [1.29, 1.82) is 5.26 Å². The van der Waals surface area contributed by atoms with Crippen LogP contribution in [0.3, 0.4) is 0 Å². The third kappa shape index (κ3) is 8.22. The predicted octanol–water partition coefficient (Wildman–Crippen LogP) is 8.00. The minimum Gasteiger partial charge on any atom is -0.490 e. The second kappa shape index (κ2) is 17.0. The number of methoxy groups -OCH3 is 1. The Kier molecular flexibility index (Phi) is 12.0. The number of hydrogen-bond donors (Lipinski definition) is 2. The lowest BCUT2D eigenvalue weighted by molar-refractivity contribution is -0.138. The van der Waals surface area contributed by atoms with Crippen molar-refractivity contribution in [3.63, 3.8) is 0 Å². The van der Waals surface area contributed by atoms with Gasteiger partial charge in [-0.05, 0) is 50.0 Å². The molecule has 2 unspecified atom stereocenters. The molecule has 7 heterocycles. The first-order valence-corrected chi connectivity index (χ1v) is 21.1. The fourth-order valence-corrected chi connectivity index (χ4v) is 9.98. The summed E-state index contributed by atoms with van der Waals surface area (Å²) in [6.45, 7) is 8.56. The molecule has 336 valence electrons. The third-order valence-corrected chi connectivity index (χ3v) is 13.3. The third-order valence-electron chi connectivity index (χ3n) is 12.3. The van der Waals surface area contributed by atoms with Crippen LogP contribution in [0.1, 0.15) is 49.3 Å². The molecule has 1 aliphatic carbocycles. The zero-order chi connectivity index (χ0) is 45.0. The number of nitrogen functional groups attached to an aromatic ring is 2. The van der Waals surface area contributed by atoms with Crippen LogP contribution < -0.4 is 25.8 Å². The molecule has 12 nitrogen and oxygen atoms in total. The number of morpholine rings is 1. The second-order valence-electron chi connectivity index (χ2n) is 16.0. The largest absolute Gasteiger partial charge is 0.490 e. The Balaban J connectivity index is 0.000000219. The number of pyridine rings is 1. The van der Waals surface area contributed by atoms with Crippen LogP contribution in [0.25, 0.3) is 32.1 Å². The van der Waals surface area contributed by atoms with Crippen molar-refractivity contribution < 1.29 is 49.3 Å². The molecule has 2 aromatic carbocycles. The van der Waals surface area contributed by atoms with Crippen LogP contribution in [0.15, 0.2) is 24.4 Å². The van der Waals surface area contributed by atoms with Crippen LogP contribution in [0.4, 0.5) is 51.8 Å². The van der Waals surface area contributed by atoms with Gasteiger partial charge in [-0.25, -0.2) is 26.9 Å². The van der Waals surface area contributed by atoms with E-state index in [1.165, 1.54) is 25.0 Å². The van der Waals surface area contributed by atoms with Gasteiger partial charge in [-0.3, -0.25) is 9.80 Å². The number of nitrogens with zero attached hydrogens (tertiary/aromatic N) is 7. The topological polar surface area (TPSA) is 152 Å². The highest BCUT2D eigenvalue weighted by atomic mass is 32.1. The van der Waals surface area contributed by atoms with Crippen LogP contribution in [0.5, 0.6) is 11.8 Å². The molecule has 0 bridgehead atoms. The van der Waals surface area contributed by atoms with Gasteiger partial charge in [0.25, 0.3) is 5.92 Å². The van der Waals surface area contributed by atoms with E-state index in [1.807, 2.05) is 0 Å². The van der Waals surface area contributed by atoms with Crippen molar-refractivity contribution in [1.82, 2.24) is 24.8 Å². The summed E-state index contributed by atoms with van der Waals surface area (Å²) < 4.78 is 132. The lowest BCUT2D eigenvalue weighted by Crippen LogP contribution is -2.35. The normalized spacial score (nSPS) is 21.5. The molecule has 21 heteroatoms. The Bertz CT molecular complexity index is 2590. The summed E-state index contributed by atoms with van der Waals surface area (Å²) in [6.07, 6.45) is -1.03. The standard InChI is InChI=1S/C27H17F6N7O2S.C9H13F2N.C6H13NO/c1-41-26-38-20-17-21(42-5-4-40(25(17)39-26)9-10-6-11(28)8-37-23(10)35)18(27(31,32)33)16(19(20)30)12-2-3-14(29)22-15(12)13(7-34)24(36)43-22;10-9(11)5-8(9)4-7-2-1-3-12(7)6-8;1-2-7-3-5-8-6-4-7/h2-3,6,8H,4-5,9,36H2,1H3,(H2,35,37);7H,1-6H2;2-6H2,1H3.